The van der Waals surface area contributed by atoms with Crippen LogP contribution in [0.1, 0.15) is 136 Å². The number of carboxylic acids is 1. The number of rotatable bonds is 13. The quantitative estimate of drug-likeness (QED) is 0.0879. The molecule has 7 aromatic rings. The third-order valence-corrected chi connectivity index (χ3v) is 17.5. The first-order chi connectivity index (χ1) is 38.6. The number of carboxylic acid groups (broad SMARTS) is 1. The molecule has 0 bridgehead atoms. The largest absolute Gasteiger partial charge is 0.478 e. The molecule has 0 saturated carbocycles. The minimum Gasteiger partial charge on any atom is -0.478 e. The van der Waals surface area contributed by atoms with Crippen LogP contribution in [0.5, 0.6) is 0 Å². The molecule has 2 aliphatic heterocycles. The summed E-state index contributed by atoms with van der Waals surface area (Å²) in [6.07, 6.45) is 4.83. The molecule has 2 fully saturated rings. The number of aromatic carboxylic acids is 1. The van der Waals surface area contributed by atoms with E-state index in [9.17, 15) is 28.7 Å². The Bertz CT molecular complexity index is 3590. The van der Waals surface area contributed by atoms with Gasteiger partial charge in [0.15, 0.2) is 0 Å². The number of benzene rings is 5. The predicted molar refractivity (Wildman–Crippen MR) is 330 cm³/mol. The van der Waals surface area contributed by atoms with Gasteiger partial charge in [-0.25, -0.2) is 19.2 Å². The second-order valence-electron chi connectivity index (χ2n) is 23.8. The number of anilines is 3. The van der Waals surface area contributed by atoms with E-state index in [-0.39, 0.29) is 34.9 Å². The number of halogens is 6. The second kappa shape index (κ2) is 25.4. The number of aromatic nitrogens is 4. The van der Waals surface area contributed by atoms with Crippen LogP contribution in [-0.2, 0) is 49.6 Å². The third kappa shape index (κ3) is 14.1. The number of imidazole rings is 2. The minimum absolute atomic E-state index is 0.0661. The number of carbonyl (C=O) groups is 4. The van der Waals surface area contributed by atoms with Crippen molar-refractivity contribution in [3.05, 3.63) is 143 Å². The van der Waals surface area contributed by atoms with Crippen molar-refractivity contribution in [2.24, 2.45) is 36.8 Å². The molecule has 2 aromatic heterocycles. The zero-order valence-corrected chi connectivity index (χ0v) is 51.8. The molecule has 9 rings (SSSR count). The fourth-order valence-electron chi connectivity index (χ4n) is 10.1. The molecule has 0 radical (unpaired) electrons. The van der Waals surface area contributed by atoms with Gasteiger partial charge in [-0.15, -0.1) is 0 Å². The van der Waals surface area contributed by atoms with Crippen molar-refractivity contribution in [2.45, 2.75) is 107 Å². The summed E-state index contributed by atoms with van der Waals surface area (Å²) >= 11 is 32.8. The Balaban J connectivity index is 0.000000219. The van der Waals surface area contributed by atoms with E-state index in [1.807, 2.05) is 89.0 Å². The summed E-state index contributed by atoms with van der Waals surface area (Å²) in [5.74, 6) is 0.690. The first-order valence-corrected chi connectivity index (χ1v) is 29.4. The summed E-state index contributed by atoms with van der Waals surface area (Å²) in [5, 5.41) is 20.6. The fraction of sp³-hybridized carbons (Fsp3) is 0.419. The summed E-state index contributed by atoms with van der Waals surface area (Å²) in [4.78, 5) is 64.7. The highest BCUT2D eigenvalue weighted by atomic mass is 35.5. The van der Waals surface area contributed by atoms with Crippen LogP contribution >= 0.6 is 58.0 Å². The molecule has 436 valence electrons. The van der Waals surface area contributed by atoms with Crippen molar-refractivity contribution in [3.63, 3.8) is 0 Å². The summed E-state index contributed by atoms with van der Waals surface area (Å²) in [6.45, 7) is 19.5. The average molecular weight is 1220 g/mol. The van der Waals surface area contributed by atoms with E-state index in [0.29, 0.717) is 90.5 Å². The van der Waals surface area contributed by atoms with Crippen molar-refractivity contribution >= 4 is 121 Å². The molecule has 0 unspecified atom stereocenters. The van der Waals surface area contributed by atoms with Crippen molar-refractivity contribution in [2.75, 3.05) is 41.3 Å². The maximum atomic E-state index is 13.8. The number of hydrogen-bond donors (Lipinski definition) is 4. The smallest absolute Gasteiger partial charge is 0.337 e. The number of fused-ring (bicyclic) bond motifs is 2. The van der Waals surface area contributed by atoms with Gasteiger partial charge in [0.1, 0.15) is 17.5 Å². The van der Waals surface area contributed by atoms with Gasteiger partial charge in [0.2, 0.25) is 11.8 Å². The molecule has 4 heterocycles. The lowest BCUT2D eigenvalue weighted by molar-refractivity contribution is -0.129. The SMILES string of the molecule is CC1CCN(c2cc3c(cc2C(=O)Nc2ccc(F)c(Cl)c2)nc(Cc2c(Cl)ccc(CNC(=O)C(C)(C)C)c2Cl)n3C)CC1.CC1CCN(c2cc3c(cc2C(=O)O)nc(Cc2c(Cl)ccc(CNC(=O)C(C)(C)C)c2Cl)n3C)CC1. The Labute approximate surface area is 504 Å². The molecule has 0 atom stereocenters. The van der Waals surface area contributed by atoms with Crippen LogP contribution in [0, 0.1) is 28.5 Å². The Kier molecular flexibility index (Phi) is 19.2. The van der Waals surface area contributed by atoms with Gasteiger partial charge in [-0.2, -0.15) is 0 Å². The molecule has 20 heteroatoms. The highest BCUT2D eigenvalue weighted by Crippen LogP contribution is 2.37. The number of nitrogens with one attached hydrogen (secondary N) is 3. The van der Waals surface area contributed by atoms with Gasteiger partial charge in [0.25, 0.3) is 5.91 Å². The molecule has 5 aromatic carbocycles. The molecular weight excluding hydrogens is 1150 g/mol. The van der Waals surface area contributed by atoms with Gasteiger partial charge in [-0.05, 0) is 114 Å². The zero-order valence-electron chi connectivity index (χ0n) is 48.0. The van der Waals surface area contributed by atoms with Gasteiger partial charge in [-0.3, -0.25) is 14.4 Å². The van der Waals surface area contributed by atoms with Crippen molar-refractivity contribution in [1.29, 1.82) is 0 Å². The topological polar surface area (TPSA) is 167 Å². The van der Waals surface area contributed by atoms with Crippen molar-refractivity contribution in [3.8, 4) is 0 Å². The van der Waals surface area contributed by atoms with Gasteiger partial charge in [0.05, 0.1) is 59.6 Å². The molecule has 0 aliphatic carbocycles. The standard InChI is InChI=1S/C34H37Cl3FN5O2.C28H34Cl2N4O3/c1-19-10-12-43(13-11-19)28-17-29-27(15-23(28)32(44)40-21-7-9-26(38)25(36)14-21)41-30(42(29)5)16-22-24(35)8-6-20(31(22)37)18-39-33(45)34(2,3)4;1-16-8-10-34(11-9-16)22-14-23-21(12-19(22)26(35)36)32-24(33(23)5)13-18-20(29)7-6-17(25(18)30)15-31-27(37)28(2,3)4/h6-9,14-15,17,19H,10-13,16,18H2,1-5H3,(H,39,45)(H,40,44);6-7,12,14,16H,8-11,13,15H2,1-5H3,(H,31,37)(H,35,36). The van der Waals surface area contributed by atoms with Gasteiger partial charge < -0.3 is 40.0 Å². The number of amides is 3. The van der Waals surface area contributed by atoms with E-state index in [4.69, 9.17) is 68.0 Å². The Morgan fingerprint density at radius 1 is 0.598 bits per heavy atom. The Hall–Kier alpha value is -6.10. The molecule has 4 N–H and O–H groups in total. The van der Waals surface area contributed by atoms with Crippen LogP contribution in [0.15, 0.2) is 66.7 Å². The fourth-order valence-corrected chi connectivity index (χ4v) is 11.4. The monoisotopic (exact) mass is 1220 g/mol. The second-order valence-corrected chi connectivity index (χ2v) is 25.8. The van der Waals surface area contributed by atoms with Gasteiger partial charge >= 0.3 is 5.97 Å². The number of carbonyl (C=O) groups excluding carboxylic acids is 3. The van der Waals surface area contributed by atoms with Crippen LogP contribution in [0.2, 0.25) is 25.1 Å². The van der Waals surface area contributed by atoms with Crippen LogP contribution in [0.4, 0.5) is 21.5 Å². The highest BCUT2D eigenvalue weighted by molar-refractivity contribution is 6.37. The van der Waals surface area contributed by atoms with E-state index >= 15 is 0 Å². The minimum atomic E-state index is -0.959. The number of piperidine rings is 2. The lowest BCUT2D eigenvalue weighted by atomic mass is 9.95. The number of nitrogens with zero attached hydrogens (tertiary/aromatic N) is 6. The third-order valence-electron chi connectivity index (χ3n) is 15.5. The van der Waals surface area contributed by atoms with Crippen molar-refractivity contribution < 1.29 is 28.7 Å². The molecule has 2 aliphatic rings. The van der Waals surface area contributed by atoms with E-state index in [0.717, 1.165) is 91.2 Å². The zero-order chi connectivity index (χ0) is 59.7. The Morgan fingerprint density at radius 3 is 1.41 bits per heavy atom. The van der Waals surface area contributed by atoms with E-state index in [2.05, 4.69) is 39.6 Å². The maximum absolute atomic E-state index is 13.8. The molecule has 2 saturated heterocycles. The van der Waals surface area contributed by atoms with Gasteiger partial charge in [0, 0.05) is 92.8 Å². The van der Waals surface area contributed by atoms with Crippen LogP contribution in [0.25, 0.3) is 22.1 Å². The van der Waals surface area contributed by atoms with Crippen LogP contribution < -0.4 is 25.8 Å². The molecule has 3 amide bonds. The van der Waals surface area contributed by atoms with Crippen LogP contribution in [0.3, 0.4) is 0 Å². The van der Waals surface area contributed by atoms with E-state index in [1.165, 1.54) is 18.2 Å². The predicted octanol–water partition coefficient (Wildman–Crippen LogP) is 14.5. The summed E-state index contributed by atoms with van der Waals surface area (Å²) < 4.78 is 17.7. The van der Waals surface area contributed by atoms with E-state index in [1.54, 1.807) is 24.3 Å². The highest BCUT2D eigenvalue weighted by Gasteiger charge is 2.28. The van der Waals surface area contributed by atoms with E-state index < -0.39 is 22.6 Å². The lowest BCUT2D eigenvalue weighted by Gasteiger charge is -2.33. The lowest BCUT2D eigenvalue weighted by Crippen LogP contribution is -2.34. The first-order valence-electron chi connectivity index (χ1n) is 27.6. The molecular formula is C62H71Cl5FN9O5. The molecule has 82 heavy (non-hydrogen) atoms. The summed E-state index contributed by atoms with van der Waals surface area (Å²) in [6, 6.07) is 18.7. The number of aryl methyl sites for hydroxylation is 2. The molecule has 14 nitrogen and oxygen atoms in total. The normalized spacial score (nSPS) is 14.5. The molecule has 0 spiro atoms. The maximum Gasteiger partial charge on any atom is 0.337 e. The summed E-state index contributed by atoms with van der Waals surface area (Å²) in [7, 11) is 3.85. The first kappa shape index (κ1) is 62.0. The summed E-state index contributed by atoms with van der Waals surface area (Å²) in [5.41, 5.74) is 7.56. The number of hydrogen-bond acceptors (Lipinski definition) is 8. The average Bonchev–Trinajstić information content (AvgIpc) is 3.70. The van der Waals surface area contributed by atoms with Crippen molar-refractivity contribution in [1.82, 2.24) is 29.7 Å². The Morgan fingerprint density at radius 2 is 1.01 bits per heavy atom. The van der Waals surface area contributed by atoms with Crippen LogP contribution in [-0.4, -0.2) is 74.1 Å². The van der Waals surface area contributed by atoms with Gasteiger partial charge in [-0.1, -0.05) is 126 Å².